The van der Waals surface area contributed by atoms with E-state index in [2.05, 4.69) is 16.0 Å². The highest BCUT2D eigenvalue weighted by molar-refractivity contribution is 6.42. The molecule has 3 aromatic carbocycles. The van der Waals surface area contributed by atoms with Crippen molar-refractivity contribution >= 4 is 51.9 Å². The molecule has 1 aromatic heterocycles. The molecule has 4 aromatic rings. The maximum absolute atomic E-state index is 12.9. The number of carbonyl (C=O) groups excluding carboxylic acids is 2. The summed E-state index contributed by atoms with van der Waals surface area (Å²) in [5.41, 5.74) is 5.88. The van der Waals surface area contributed by atoms with Crippen LogP contribution >= 0.6 is 23.2 Å². The molecule has 1 heterocycles. The van der Waals surface area contributed by atoms with Crippen LogP contribution in [0.5, 0.6) is 0 Å². The van der Waals surface area contributed by atoms with Crippen LogP contribution in [0.1, 0.15) is 21.6 Å². The predicted octanol–water partition coefficient (Wildman–Crippen LogP) is 4.23. The van der Waals surface area contributed by atoms with Gasteiger partial charge in [-0.15, -0.1) is 0 Å². The fourth-order valence-corrected chi connectivity index (χ4v) is 3.58. The highest BCUT2D eigenvalue weighted by atomic mass is 35.5. The van der Waals surface area contributed by atoms with Gasteiger partial charge in [0.25, 0.3) is 17.4 Å². The van der Waals surface area contributed by atoms with Gasteiger partial charge in [-0.3, -0.25) is 25.2 Å². The topological polar surface area (TPSA) is 93.1 Å². The first-order valence-corrected chi connectivity index (χ1v) is 11.0. The van der Waals surface area contributed by atoms with Gasteiger partial charge in [-0.05, 0) is 35.4 Å². The summed E-state index contributed by atoms with van der Waals surface area (Å²) in [4.78, 5) is 38.0. The van der Waals surface area contributed by atoms with Crippen molar-refractivity contribution < 1.29 is 9.59 Å². The summed E-state index contributed by atoms with van der Waals surface area (Å²) in [5, 5.41) is 5.78. The van der Waals surface area contributed by atoms with Crippen LogP contribution in [-0.2, 0) is 11.3 Å². The molecule has 0 saturated carbocycles. The Labute approximate surface area is 204 Å². The molecule has 0 aliphatic heterocycles. The van der Waals surface area contributed by atoms with Crippen molar-refractivity contribution in [3.63, 3.8) is 0 Å². The lowest BCUT2D eigenvalue weighted by molar-refractivity contribution is -0.117. The number of amides is 2. The lowest BCUT2D eigenvalue weighted by atomic mass is 10.1. The van der Waals surface area contributed by atoms with E-state index in [9.17, 15) is 14.4 Å². The second kappa shape index (κ2) is 10.3. The van der Waals surface area contributed by atoms with Gasteiger partial charge in [0, 0.05) is 11.5 Å². The largest absolute Gasteiger partial charge is 0.290 e. The number of aromatic nitrogens is 2. The SMILES string of the molecule is O=C(/C=C/c1ccc(Cl)c(Cl)c1)NNC(=O)c1nn(Cc2ccccc2)c(=O)c2ccccc12. The third-order valence-corrected chi connectivity index (χ3v) is 5.67. The van der Waals surface area contributed by atoms with Crippen molar-refractivity contribution in [3.8, 4) is 0 Å². The predicted molar refractivity (Wildman–Crippen MR) is 133 cm³/mol. The molecule has 2 N–H and O–H groups in total. The first-order valence-electron chi connectivity index (χ1n) is 10.2. The van der Waals surface area contributed by atoms with E-state index in [-0.39, 0.29) is 17.8 Å². The lowest BCUT2D eigenvalue weighted by Gasteiger charge is -2.11. The Morgan fingerprint density at radius 1 is 0.882 bits per heavy atom. The number of rotatable bonds is 5. The molecule has 2 amide bonds. The van der Waals surface area contributed by atoms with Gasteiger partial charge >= 0.3 is 0 Å². The van der Waals surface area contributed by atoms with Crippen molar-refractivity contribution in [3.05, 3.63) is 116 Å². The van der Waals surface area contributed by atoms with Gasteiger partial charge in [0.05, 0.1) is 22.0 Å². The second-order valence-corrected chi connectivity index (χ2v) is 8.11. The molecular weight excluding hydrogens is 475 g/mol. The summed E-state index contributed by atoms with van der Waals surface area (Å²) in [7, 11) is 0. The molecule has 9 heteroatoms. The van der Waals surface area contributed by atoms with E-state index in [1.54, 1.807) is 42.5 Å². The standard InChI is InChI=1S/C25H18Cl2N4O3/c26-20-12-10-16(14-21(20)27)11-13-22(32)28-29-24(33)23-18-8-4-5-9-19(18)25(34)31(30-23)15-17-6-2-1-3-7-17/h1-14H,15H2,(H,28,32)(H,29,33)/b13-11+. The maximum Gasteiger partial charge on any atom is 0.290 e. The minimum absolute atomic E-state index is 0.0138. The minimum Gasteiger partial charge on any atom is -0.268 e. The van der Waals surface area contributed by atoms with E-state index in [1.165, 1.54) is 16.8 Å². The lowest BCUT2D eigenvalue weighted by Crippen LogP contribution is -2.42. The molecule has 0 atom stereocenters. The number of benzene rings is 3. The molecule has 0 aliphatic rings. The molecular formula is C25H18Cl2N4O3. The molecule has 7 nitrogen and oxygen atoms in total. The average Bonchev–Trinajstić information content (AvgIpc) is 2.85. The zero-order valence-electron chi connectivity index (χ0n) is 17.7. The van der Waals surface area contributed by atoms with Gasteiger partial charge in [-0.1, -0.05) is 77.8 Å². The van der Waals surface area contributed by atoms with Crippen LogP contribution in [0, 0.1) is 0 Å². The van der Waals surface area contributed by atoms with Crippen LogP contribution < -0.4 is 16.4 Å². The number of hydrogen-bond donors (Lipinski definition) is 2. The molecule has 0 unspecified atom stereocenters. The number of nitrogens with zero attached hydrogens (tertiary/aromatic N) is 2. The van der Waals surface area contributed by atoms with Crippen molar-refractivity contribution in [2.45, 2.75) is 6.54 Å². The third-order valence-electron chi connectivity index (χ3n) is 4.93. The summed E-state index contributed by atoms with van der Waals surface area (Å²) < 4.78 is 1.23. The number of carbonyl (C=O) groups is 2. The molecule has 0 spiro atoms. The Morgan fingerprint density at radius 3 is 2.32 bits per heavy atom. The van der Waals surface area contributed by atoms with E-state index in [4.69, 9.17) is 23.2 Å². The van der Waals surface area contributed by atoms with E-state index in [0.717, 1.165) is 5.56 Å². The van der Waals surface area contributed by atoms with Gasteiger partial charge in [0.2, 0.25) is 0 Å². The normalized spacial score (nSPS) is 11.0. The molecule has 34 heavy (non-hydrogen) atoms. The third kappa shape index (κ3) is 5.33. The fourth-order valence-electron chi connectivity index (χ4n) is 3.27. The van der Waals surface area contributed by atoms with E-state index in [0.29, 0.717) is 26.4 Å². The summed E-state index contributed by atoms with van der Waals surface area (Å²) in [5.74, 6) is -1.23. The first kappa shape index (κ1) is 23.2. The van der Waals surface area contributed by atoms with Crippen LogP contribution in [0.2, 0.25) is 10.0 Å². The van der Waals surface area contributed by atoms with Crippen molar-refractivity contribution in [2.75, 3.05) is 0 Å². The monoisotopic (exact) mass is 492 g/mol. The van der Waals surface area contributed by atoms with Gasteiger partial charge in [-0.2, -0.15) is 5.10 Å². The maximum atomic E-state index is 12.9. The highest BCUT2D eigenvalue weighted by Crippen LogP contribution is 2.23. The Balaban J connectivity index is 1.54. The molecule has 170 valence electrons. The quantitative estimate of drug-likeness (QED) is 0.322. The Hall–Kier alpha value is -3.94. The first-order chi connectivity index (χ1) is 16.4. The molecule has 4 rings (SSSR count). The van der Waals surface area contributed by atoms with Crippen LogP contribution in [0.15, 0.2) is 83.7 Å². The number of nitrogens with one attached hydrogen (secondary N) is 2. The zero-order chi connectivity index (χ0) is 24.1. The van der Waals surface area contributed by atoms with E-state index < -0.39 is 11.8 Å². The van der Waals surface area contributed by atoms with Gasteiger partial charge in [-0.25, -0.2) is 4.68 Å². The summed E-state index contributed by atoms with van der Waals surface area (Å²) in [6, 6.07) is 20.9. The summed E-state index contributed by atoms with van der Waals surface area (Å²) >= 11 is 11.9. The van der Waals surface area contributed by atoms with Gasteiger partial charge in [0.15, 0.2) is 5.69 Å². The molecule has 0 aliphatic carbocycles. The fraction of sp³-hybridized carbons (Fsp3) is 0.0400. The Morgan fingerprint density at radius 2 is 1.59 bits per heavy atom. The van der Waals surface area contributed by atoms with Crippen LogP contribution in [-0.4, -0.2) is 21.6 Å². The second-order valence-electron chi connectivity index (χ2n) is 7.29. The number of hydrogen-bond acceptors (Lipinski definition) is 4. The number of fused-ring (bicyclic) bond motifs is 1. The van der Waals surface area contributed by atoms with Crippen molar-refractivity contribution in [1.29, 1.82) is 0 Å². The van der Waals surface area contributed by atoms with Crippen LogP contribution in [0.25, 0.3) is 16.8 Å². The van der Waals surface area contributed by atoms with Gasteiger partial charge < -0.3 is 0 Å². The Bertz CT molecular complexity index is 1470. The van der Waals surface area contributed by atoms with Crippen LogP contribution in [0.4, 0.5) is 0 Å². The minimum atomic E-state index is -0.658. The van der Waals surface area contributed by atoms with Gasteiger partial charge in [0.1, 0.15) is 0 Å². The highest BCUT2D eigenvalue weighted by Gasteiger charge is 2.17. The summed E-state index contributed by atoms with van der Waals surface area (Å²) in [6.07, 6.45) is 2.76. The van der Waals surface area contributed by atoms with Crippen molar-refractivity contribution in [1.82, 2.24) is 20.6 Å². The molecule has 0 radical (unpaired) electrons. The smallest absolute Gasteiger partial charge is 0.268 e. The van der Waals surface area contributed by atoms with E-state index >= 15 is 0 Å². The number of hydrazine groups is 1. The molecule has 0 saturated heterocycles. The average molecular weight is 493 g/mol. The molecule has 0 bridgehead atoms. The molecule has 0 fully saturated rings. The van der Waals surface area contributed by atoms with Crippen LogP contribution in [0.3, 0.4) is 0 Å². The zero-order valence-corrected chi connectivity index (χ0v) is 19.2. The number of halogens is 2. The Kier molecular flexibility index (Phi) is 7.06. The summed E-state index contributed by atoms with van der Waals surface area (Å²) in [6.45, 7) is 0.198. The van der Waals surface area contributed by atoms with E-state index in [1.807, 2.05) is 30.3 Å². The van der Waals surface area contributed by atoms with Crippen molar-refractivity contribution in [2.24, 2.45) is 0 Å².